The SMILES string of the molecule is [2H]C([2H])([2H])n1cc(-c2cc(O)c3c(C#N)cnn3c2)cn1. The van der Waals surface area contributed by atoms with Gasteiger partial charge in [-0.3, -0.25) is 4.68 Å². The third kappa shape index (κ3) is 1.42. The lowest BCUT2D eigenvalue weighted by Crippen LogP contribution is -1.89. The molecule has 0 amide bonds. The Morgan fingerprint density at radius 2 is 2.22 bits per heavy atom. The molecule has 6 heteroatoms. The van der Waals surface area contributed by atoms with Gasteiger partial charge in [-0.2, -0.15) is 15.5 Å². The summed E-state index contributed by atoms with van der Waals surface area (Å²) in [5.74, 6) is -0.108. The maximum atomic E-state index is 10.0. The highest BCUT2D eigenvalue weighted by molar-refractivity contribution is 5.74. The van der Waals surface area contributed by atoms with Crippen LogP contribution in [0.15, 0.2) is 30.9 Å². The lowest BCUT2D eigenvalue weighted by atomic mass is 10.1. The molecule has 0 saturated heterocycles. The van der Waals surface area contributed by atoms with Gasteiger partial charge in [-0.1, -0.05) is 0 Å². The van der Waals surface area contributed by atoms with E-state index in [0.717, 1.165) is 4.68 Å². The van der Waals surface area contributed by atoms with Gasteiger partial charge in [0.05, 0.1) is 12.4 Å². The van der Waals surface area contributed by atoms with Crippen LogP contribution >= 0.6 is 0 Å². The minimum atomic E-state index is -2.36. The molecule has 1 N–H and O–H groups in total. The molecule has 0 aliphatic heterocycles. The Morgan fingerprint density at radius 3 is 2.94 bits per heavy atom. The molecule has 0 fully saturated rings. The molecule has 0 unspecified atom stereocenters. The van der Waals surface area contributed by atoms with Crippen LogP contribution in [0.25, 0.3) is 16.6 Å². The Balaban J connectivity index is 2.14. The summed E-state index contributed by atoms with van der Waals surface area (Å²) in [6.07, 6.45) is 5.70. The van der Waals surface area contributed by atoms with Crippen LogP contribution in [0.3, 0.4) is 0 Å². The smallest absolute Gasteiger partial charge is 0.143 e. The lowest BCUT2D eigenvalue weighted by Gasteiger charge is -2.02. The third-order valence-corrected chi connectivity index (χ3v) is 2.63. The van der Waals surface area contributed by atoms with Gasteiger partial charge >= 0.3 is 0 Å². The van der Waals surface area contributed by atoms with Gasteiger partial charge in [0.25, 0.3) is 0 Å². The molecule has 18 heavy (non-hydrogen) atoms. The van der Waals surface area contributed by atoms with Crippen molar-refractivity contribution in [1.82, 2.24) is 19.4 Å². The predicted octanol–water partition coefficient (Wildman–Crippen LogP) is 1.31. The van der Waals surface area contributed by atoms with Crippen LogP contribution in [0.5, 0.6) is 5.75 Å². The average molecular weight is 242 g/mol. The minimum Gasteiger partial charge on any atom is -0.506 e. The van der Waals surface area contributed by atoms with Gasteiger partial charge in [0.1, 0.15) is 22.9 Å². The Labute approximate surface area is 107 Å². The molecule has 0 spiro atoms. The van der Waals surface area contributed by atoms with Gasteiger partial charge < -0.3 is 5.11 Å². The third-order valence-electron chi connectivity index (χ3n) is 2.63. The number of nitrogens with zero attached hydrogens (tertiary/aromatic N) is 5. The Hall–Kier alpha value is -2.81. The van der Waals surface area contributed by atoms with Crippen molar-refractivity contribution in [3.8, 4) is 22.9 Å². The topological polar surface area (TPSA) is 79.1 Å². The lowest BCUT2D eigenvalue weighted by molar-refractivity contribution is 0.478. The first kappa shape index (κ1) is 7.50. The fraction of sp³-hybridized carbons (Fsp3) is 0.0833. The molecule has 0 saturated carbocycles. The van der Waals surface area contributed by atoms with Crippen LogP contribution in [0, 0.1) is 11.3 Å². The molecular weight excluding hydrogens is 230 g/mol. The summed E-state index contributed by atoms with van der Waals surface area (Å²) in [7, 11) is 0. The number of pyridine rings is 1. The number of nitriles is 1. The minimum absolute atomic E-state index is 0.108. The van der Waals surface area contributed by atoms with Gasteiger partial charge in [-0.05, 0) is 6.07 Å². The number of hydrogen-bond donors (Lipinski definition) is 1. The summed E-state index contributed by atoms with van der Waals surface area (Å²) in [5, 5.41) is 26.7. The highest BCUT2D eigenvalue weighted by atomic mass is 16.3. The second-order valence-corrected chi connectivity index (χ2v) is 3.75. The van der Waals surface area contributed by atoms with E-state index < -0.39 is 6.98 Å². The van der Waals surface area contributed by atoms with Crippen molar-refractivity contribution in [3.05, 3.63) is 36.4 Å². The molecule has 0 aromatic carbocycles. The largest absolute Gasteiger partial charge is 0.506 e. The number of aromatic hydroxyl groups is 1. The van der Waals surface area contributed by atoms with Crippen molar-refractivity contribution in [1.29, 1.82) is 5.26 Å². The summed E-state index contributed by atoms with van der Waals surface area (Å²) in [4.78, 5) is 0. The van der Waals surface area contributed by atoms with E-state index in [1.165, 1.54) is 29.2 Å². The predicted molar refractivity (Wildman–Crippen MR) is 63.8 cm³/mol. The highest BCUT2D eigenvalue weighted by Crippen LogP contribution is 2.28. The van der Waals surface area contributed by atoms with E-state index in [1.807, 2.05) is 6.07 Å². The zero-order valence-electron chi connectivity index (χ0n) is 12.1. The average Bonchev–Trinajstić information content (AvgIpc) is 3.04. The standard InChI is InChI=1S/C12H9N5O/c1-16-6-10(5-14-16)8-2-11(18)12-9(3-13)4-15-17(12)7-8/h2,4-7,18H,1H3/i1D3. The van der Waals surface area contributed by atoms with Gasteiger partial charge in [-0.25, -0.2) is 4.52 Å². The molecule has 3 aromatic rings. The first-order chi connectivity index (χ1) is 9.90. The van der Waals surface area contributed by atoms with E-state index in [0.29, 0.717) is 16.6 Å². The van der Waals surface area contributed by atoms with E-state index in [1.54, 1.807) is 6.20 Å². The fourth-order valence-electron chi connectivity index (χ4n) is 1.81. The number of hydrogen-bond acceptors (Lipinski definition) is 4. The molecule has 3 rings (SSSR count). The van der Waals surface area contributed by atoms with Gasteiger partial charge in [0, 0.05) is 34.6 Å². The zero-order valence-corrected chi connectivity index (χ0v) is 9.07. The summed E-state index contributed by atoms with van der Waals surface area (Å²) >= 11 is 0. The van der Waals surface area contributed by atoms with Gasteiger partial charge in [0.15, 0.2) is 0 Å². The highest BCUT2D eigenvalue weighted by Gasteiger charge is 2.11. The second-order valence-electron chi connectivity index (χ2n) is 3.75. The maximum absolute atomic E-state index is 10.0. The van der Waals surface area contributed by atoms with E-state index >= 15 is 0 Å². The monoisotopic (exact) mass is 242 g/mol. The first-order valence-electron chi connectivity index (χ1n) is 6.56. The van der Waals surface area contributed by atoms with Crippen LogP contribution in [0.4, 0.5) is 0 Å². The summed E-state index contributed by atoms with van der Waals surface area (Å²) in [6.45, 7) is -2.36. The van der Waals surface area contributed by atoms with E-state index in [4.69, 9.17) is 9.37 Å². The van der Waals surface area contributed by atoms with Crippen molar-refractivity contribution in [2.24, 2.45) is 6.98 Å². The van der Waals surface area contributed by atoms with E-state index in [9.17, 15) is 5.11 Å². The molecule has 0 atom stereocenters. The fourth-order valence-corrected chi connectivity index (χ4v) is 1.81. The molecule has 3 heterocycles. The van der Waals surface area contributed by atoms with Crippen molar-refractivity contribution in [3.63, 3.8) is 0 Å². The van der Waals surface area contributed by atoms with Crippen molar-refractivity contribution < 1.29 is 9.22 Å². The van der Waals surface area contributed by atoms with Crippen molar-refractivity contribution >= 4 is 5.52 Å². The summed E-state index contributed by atoms with van der Waals surface area (Å²) in [5.41, 5.74) is 1.64. The molecule has 3 aromatic heterocycles. The molecule has 0 aliphatic carbocycles. The molecule has 0 radical (unpaired) electrons. The molecule has 6 nitrogen and oxygen atoms in total. The van der Waals surface area contributed by atoms with Crippen molar-refractivity contribution in [2.45, 2.75) is 0 Å². The Kier molecular flexibility index (Phi) is 1.50. The van der Waals surface area contributed by atoms with Crippen LogP contribution in [-0.4, -0.2) is 24.5 Å². The number of fused-ring (bicyclic) bond motifs is 1. The van der Waals surface area contributed by atoms with E-state index in [-0.39, 0.29) is 11.3 Å². The summed E-state index contributed by atoms with van der Waals surface area (Å²) in [6, 6.07) is 3.38. The zero-order chi connectivity index (χ0) is 15.2. The Bertz CT molecular complexity index is 871. The van der Waals surface area contributed by atoms with Gasteiger partial charge in [0.2, 0.25) is 0 Å². The molecule has 0 aliphatic rings. The molecule has 0 bridgehead atoms. The van der Waals surface area contributed by atoms with Gasteiger partial charge in [-0.15, -0.1) is 0 Å². The van der Waals surface area contributed by atoms with Crippen LogP contribution in [0.2, 0.25) is 0 Å². The first-order valence-corrected chi connectivity index (χ1v) is 5.06. The van der Waals surface area contributed by atoms with Crippen LogP contribution in [0.1, 0.15) is 9.68 Å². The normalized spacial score (nSPS) is 13.8. The quantitative estimate of drug-likeness (QED) is 0.697. The molecular formula is C12H9N5O. The number of rotatable bonds is 1. The van der Waals surface area contributed by atoms with Crippen molar-refractivity contribution in [2.75, 3.05) is 0 Å². The molecule has 88 valence electrons. The second kappa shape index (κ2) is 3.60. The Morgan fingerprint density at radius 1 is 1.33 bits per heavy atom. The van der Waals surface area contributed by atoms with E-state index in [2.05, 4.69) is 10.2 Å². The maximum Gasteiger partial charge on any atom is 0.143 e. The van der Waals surface area contributed by atoms with Crippen LogP contribution in [-0.2, 0) is 6.98 Å². The summed E-state index contributed by atoms with van der Waals surface area (Å²) < 4.78 is 24.1. The number of aryl methyl sites for hydroxylation is 1. The number of aromatic nitrogens is 4. The van der Waals surface area contributed by atoms with Crippen LogP contribution < -0.4 is 0 Å².